The summed E-state index contributed by atoms with van der Waals surface area (Å²) in [5, 5.41) is 0. The van der Waals surface area contributed by atoms with Crippen molar-refractivity contribution >= 4 is 5.91 Å². The van der Waals surface area contributed by atoms with E-state index in [1.165, 1.54) is 0 Å². The summed E-state index contributed by atoms with van der Waals surface area (Å²) in [5.74, 6) is 0.201. The van der Waals surface area contributed by atoms with Crippen LogP contribution < -0.4 is 5.73 Å². The van der Waals surface area contributed by atoms with E-state index >= 15 is 0 Å². The summed E-state index contributed by atoms with van der Waals surface area (Å²) in [5.41, 5.74) is 7.71. The van der Waals surface area contributed by atoms with E-state index in [4.69, 9.17) is 5.73 Å². The summed E-state index contributed by atoms with van der Waals surface area (Å²) in [4.78, 5) is 14.1. The van der Waals surface area contributed by atoms with E-state index < -0.39 is 0 Å². The van der Waals surface area contributed by atoms with Gasteiger partial charge in [0.25, 0.3) is 0 Å². The van der Waals surface area contributed by atoms with Crippen molar-refractivity contribution < 1.29 is 4.79 Å². The Bertz CT molecular complexity index is 373. The third kappa shape index (κ3) is 3.84. The Labute approximate surface area is 110 Å². The van der Waals surface area contributed by atoms with E-state index in [0.717, 1.165) is 24.1 Å². The van der Waals surface area contributed by atoms with Gasteiger partial charge in [0.1, 0.15) is 0 Å². The van der Waals surface area contributed by atoms with Gasteiger partial charge in [-0.1, -0.05) is 31.2 Å². The third-order valence-corrected chi connectivity index (χ3v) is 3.40. The SMILES string of the molecule is CCC(C)N(CC)C(=O)Cc1ccc(CN)cc1. The molecule has 1 aromatic rings. The van der Waals surface area contributed by atoms with Gasteiger partial charge in [-0.2, -0.15) is 0 Å². The fourth-order valence-electron chi connectivity index (χ4n) is 2.02. The summed E-state index contributed by atoms with van der Waals surface area (Å²) in [7, 11) is 0. The van der Waals surface area contributed by atoms with E-state index in [9.17, 15) is 4.79 Å². The number of amides is 1. The normalized spacial score (nSPS) is 12.2. The smallest absolute Gasteiger partial charge is 0.227 e. The van der Waals surface area contributed by atoms with Gasteiger partial charge in [-0.15, -0.1) is 0 Å². The minimum atomic E-state index is 0.201. The number of hydrogen-bond acceptors (Lipinski definition) is 2. The first kappa shape index (κ1) is 14.7. The number of benzene rings is 1. The van der Waals surface area contributed by atoms with Crippen molar-refractivity contribution in [2.75, 3.05) is 6.54 Å². The minimum absolute atomic E-state index is 0.201. The fraction of sp³-hybridized carbons (Fsp3) is 0.533. The molecule has 0 aromatic heterocycles. The van der Waals surface area contributed by atoms with Crippen LogP contribution in [0.5, 0.6) is 0 Å². The van der Waals surface area contributed by atoms with Crippen molar-refractivity contribution in [2.24, 2.45) is 5.73 Å². The molecule has 3 heteroatoms. The van der Waals surface area contributed by atoms with Crippen LogP contribution in [0, 0.1) is 0 Å². The van der Waals surface area contributed by atoms with E-state index in [0.29, 0.717) is 19.0 Å². The highest BCUT2D eigenvalue weighted by Crippen LogP contribution is 2.09. The fourth-order valence-corrected chi connectivity index (χ4v) is 2.02. The molecule has 0 spiro atoms. The number of nitrogens with zero attached hydrogens (tertiary/aromatic N) is 1. The van der Waals surface area contributed by atoms with Gasteiger partial charge in [0.2, 0.25) is 5.91 Å². The highest BCUT2D eigenvalue weighted by atomic mass is 16.2. The van der Waals surface area contributed by atoms with Crippen LogP contribution in [-0.2, 0) is 17.8 Å². The second-order valence-electron chi connectivity index (χ2n) is 4.63. The summed E-state index contributed by atoms with van der Waals surface area (Å²) < 4.78 is 0. The summed E-state index contributed by atoms with van der Waals surface area (Å²) in [6.45, 7) is 7.55. The van der Waals surface area contributed by atoms with E-state index in [1.807, 2.05) is 36.1 Å². The summed E-state index contributed by atoms with van der Waals surface area (Å²) in [6.07, 6.45) is 1.47. The largest absolute Gasteiger partial charge is 0.340 e. The Kier molecular flexibility index (Phi) is 5.86. The molecular formula is C15H24N2O. The van der Waals surface area contributed by atoms with Crippen LogP contribution in [0.1, 0.15) is 38.3 Å². The van der Waals surface area contributed by atoms with Gasteiger partial charge in [-0.05, 0) is 31.4 Å². The Balaban J connectivity index is 2.67. The zero-order chi connectivity index (χ0) is 13.5. The van der Waals surface area contributed by atoms with Gasteiger partial charge in [-0.25, -0.2) is 0 Å². The summed E-state index contributed by atoms with van der Waals surface area (Å²) >= 11 is 0. The van der Waals surface area contributed by atoms with Gasteiger partial charge >= 0.3 is 0 Å². The Morgan fingerprint density at radius 3 is 2.22 bits per heavy atom. The first-order valence-corrected chi connectivity index (χ1v) is 6.69. The monoisotopic (exact) mass is 248 g/mol. The van der Waals surface area contributed by atoms with Gasteiger partial charge in [0, 0.05) is 19.1 Å². The molecule has 1 amide bonds. The molecule has 0 aliphatic heterocycles. The summed E-state index contributed by atoms with van der Waals surface area (Å²) in [6, 6.07) is 8.27. The van der Waals surface area contributed by atoms with E-state index in [-0.39, 0.29) is 5.91 Å². The molecule has 3 nitrogen and oxygen atoms in total. The molecule has 0 saturated carbocycles. The third-order valence-electron chi connectivity index (χ3n) is 3.40. The number of nitrogens with two attached hydrogens (primary N) is 1. The highest BCUT2D eigenvalue weighted by Gasteiger charge is 2.16. The molecule has 18 heavy (non-hydrogen) atoms. The molecule has 0 radical (unpaired) electrons. The second-order valence-corrected chi connectivity index (χ2v) is 4.63. The van der Waals surface area contributed by atoms with Gasteiger partial charge in [-0.3, -0.25) is 4.79 Å². The van der Waals surface area contributed by atoms with Crippen molar-refractivity contribution in [1.82, 2.24) is 4.90 Å². The van der Waals surface area contributed by atoms with Crippen LogP contribution in [-0.4, -0.2) is 23.4 Å². The molecular weight excluding hydrogens is 224 g/mol. The Morgan fingerprint density at radius 1 is 1.22 bits per heavy atom. The number of carbonyl (C=O) groups is 1. The molecule has 0 aliphatic rings. The molecule has 1 rings (SSSR count). The number of rotatable bonds is 6. The van der Waals surface area contributed by atoms with Crippen molar-refractivity contribution in [3.05, 3.63) is 35.4 Å². The maximum Gasteiger partial charge on any atom is 0.227 e. The number of carbonyl (C=O) groups excluding carboxylic acids is 1. The first-order chi connectivity index (χ1) is 8.62. The molecule has 1 unspecified atom stereocenters. The van der Waals surface area contributed by atoms with Crippen molar-refractivity contribution in [1.29, 1.82) is 0 Å². The zero-order valence-corrected chi connectivity index (χ0v) is 11.6. The van der Waals surface area contributed by atoms with Gasteiger partial charge in [0.05, 0.1) is 6.42 Å². The maximum atomic E-state index is 12.2. The average Bonchev–Trinajstić information content (AvgIpc) is 2.40. The molecule has 2 N–H and O–H groups in total. The van der Waals surface area contributed by atoms with Gasteiger partial charge in [0.15, 0.2) is 0 Å². The zero-order valence-electron chi connectivity index (χ0n) is 11.6. The predicted molar refractivity (Wildman–Crippen MR) is 75.2 cm³/mol. The lowest BCUT2D eigenvalue weighted by molar-refractivity contribution is -0.132. The van der Waals surface area contributed by atoms with Crippen LogP contribution >= 0.6 is 0 Å². The Morgan fingerprint density at radius 2 is 1.78 bits per heavy atom. The van der Waals surface area contributed by atoms with Gasteiger partial charge < -0.3 is 10.6 Å². The quantitative estimate of drug-likeness (QED) is 0.840. The lowest BCUT2D eigenvalue weighted by Gasteiger charge is -2.27. The molecule has 0 heterocycles. The molecule has 100 valence electrons. The lowest BCUT2D eigenvalue weighted by atomic mass is 10.1. The van der Waals surface area contributed by atoms with E-state index in [1.54, 1.807) is 0 Å². The second kappa shape index (κ2) is 7.17. The van der Waals surface area contributed by atoms with Crippen LogP contribution in [0.2, 0.25) is 0 Å². The lowest BCUT2D eigenvalue weighted by Crippen LogP contribution is -2.39. The van der Waals surface area contributed by atoms with Crippen LogP contribution in [0.15, 0.2) is 24.3 Å². The predicted octanol–water partition coefficient (Wildman–Crippen LogP) is 2.33. The maximum absolute atomic E-state index is 12.2. The number of hydrogen-bond donors (Lipinski definition) is 1. The minimum Gasteiger partial charge on any atom is -0.340 e. The van der Waals surface area contributed by atoms with Crippen molar-refractivity contribution in [2.45, 2.75) is 46.2 Å². The molecule has 0 bridgehead atoms. The molecule has 0 fully saturated rings. The van der Waals surface area contributed by atoms with Crippen LogP contribution in [0.3, 0.4) is 0 Å². The molecule has 0 aliphatic carbocycles. The highest BCUT2D eigenvalue weighted by molar-refractivity contribution is 5.79. The molecule has 1 aromatic carbocycles. The Hall–Kier alpha value is -1.35. The molecule has 1 atom stereocenters. The van der Waals surface area contributed by atoms with Crippen molar-refractivity contribution in [3.63, 3.8) is 0 Å². The standard InChI is InChI=1S/C15H24N2O/c1-4-12(3)17(5-2)15(18)10-13-6-8-14(11-16)9-7-13/h6-9,12H,4-5,10-11,16H2,1-3H3. The number of likely N-dealkylation sites (N-methyl/N-ethyl adjacent to an activating group) is 1. The topological polar surface area (TPSA) is 46.3 Å². The van der Waals surface area contributed by atoms with Crippen LogP contribution in [0.25, 0.3) is 0 Å². The molecule has 0 saturated heterocycles. The average molecular weight is 248 g/mol. The van der Waals surface area contributed by atoms with E-state index in [2.05, 4.69) is 13.8 Å². The first-order valence-electron chi connectivity index (χ1n) is 6.69. The van der Waals surface area contributed by atoms with Crippen molar-refractivity contribution in [3.8, 4) is 0 Å². The van der Waals surface area contributed by atoms with Crippen LogP contribution in [0.4, 0.5) is 0 Å².